The molecule has 136 valence electrons. The summed E-state index contributed by atoms with van der Waals surface area (Å²) < 4.78 is 1.77. The van der Waals surface area contributed by atoms with Crippen molar-refractivity contribution in [3.8, 4) is 17.3 Å². The minimum absolute atomic E-state index is 0.0179. The number of amides is 1. The number of amidine groups is 1. The summed E-state index contributed by atoms with van der Waals surface area (Å²) in [5.74, 6) is 0.873. The van der Waals surface area contributed by atoms with Gasteiger partial charge in [0.2, 0.25) is 0 Å². The van der Waals surface area contributed by atoms with Crippen LogP contribution in [0.2, 0.25) is 0 Å². The quantitative estimate of drug-likeness (QED) is 0.783. The molecule has 2 aliphatic heterocycles. The third-order valence-electron chi connectivity index (χ3n) is 4.89. The highest BCUT2D eigenvalue weighted by molar-refractivity contribution is 6.14. The van der Waals surface area contributed by atoms with E-state index in [1.807, 2.05) is 47.5 Å². The van der Waals surface area contributed by atoms with Crippen molar-refractivity contribution in [2.45, 2.75) is 38.6 Å². The average molecular weight is 359 g/mol. The number of hydrogen-bond acceptors (Lipinski definition) is 4. The number of aromatic nitrogens is 2. The molecule has 0 radical (unpaired) electrons. The van der Waals surface area contributed by atoms with Crippen molar-refractivity contribution in [3.05, 3.63) is 47.8 Å². The van der Waals surface area contributed by atoms with Crippen LogP contribution in [0, 0.1) is 11.3 Å². The summed E-state index contributed by atoms with van der Waals surface area (Å²) in [6.45, 7) is 1.27. The molecule has 0 aliphatic carbocycles. The first-order chi connectivity index (χ1) is 13.3. The predicted octanol–water partition coefficient (Wildman–Crippen LogP) is 3.62. The van der Waals surface area contributed by atoms with Gasteiger partial charge in [0.1, 0.15) is 11.5 Å². The first-order valence-electron chi connectivity index (χ1n) is 9.37. The van der Waals surface area contributed by atoms with Crippen LogP contribution in [0.3, 0.4) is 0 Å². The SMILES string of the molecule is N#CCCn1cc(C=C2N=C3CCCCCN3C2=O)c(-c2ccccc2)n1. The number of fused-ring (bicyclic) bond motifs is 1. The number of aliphatic imine (C=N–C) groups is 1. The highest BCUT2D eigenvalue weighted by Crippen LogP contribution is 2.28. The smallest absolute Gasteiger partial charge is 0.277 e. The Morgan fingerprint density at radius 3 is 2.85 bits per heavy atom. The number of nitrogens with zero attached hydrogens (tertiary/aromatic N) is 5. The normalized spacial score (nSPS) is 18.2. The minimum atomic E-state index is -0.0179. The highest BCUT2D eigenvalue weighted by Gasteiger charge is 2.30. The molecule has 0 saturated carbocycles. The highest BCUT2D eigenvalue weighted by atomic mass is 16.2. The molecule has 1 aromatic heterocycles. The summed E-state index contributed by atoms with van der Waals surface area (Å²) >= 11 is 0. The van der Waals surface area contributed by atoms with Crippen LogP contribution in [0.4, 0.5) is 0 Å². The van der Waals surface area contributed by atoms with Gasteiger partial charge in [-0.05, 0) is 18.9 Å². The molecule has 1 aromatic carbocycles. The van der Waals surface area contributed by atoms with E-state index < -0.39 is 0 Å². The lowest BCUT2D eigenvalue weighted by atomic mass is 10.1. The summed E-state index contributed by atoms with van der Waals surface area (Å²) in [5, 5.41) is 13.5. The average Bonchev–Trinajstić information content (AvgIpc) is 3.12. The van der Waals surface area contributed by atoms with Crippen LogP contribution < -0.4 is 0 Å². The van der Waals surface area contributed by atoms with Crippen LogP contribution in [0.5, 0.6) is 0 Å². The van der Waals surface area contributed by atoms with Crippen molar-refractivity contribution in [1.29, 1.82) is 5.26 Å². The lowest BCUT2D eigenvalue weighted by Gasteiger charge is -2.13. The van der Waals surface area contributed by atoms with E-state index in [0.717, 1.165) is 54.9 Å². The van der Waals surface area contributed by atoms with E-state index in [4.69, 9.17) is 5.26 Å². The molecule has 0 bridgehead atoms. The van der Waals surface area contributed by atoms with Crippen LogP contribution >= 0.6 is 0 Å². The molecular formula is C21H21N5O. The van der Waals surface area contributed by atoms with E-state index in [2.05, 4.69) is 16.2 Å². The molecular weight excluding hydrogens is 338 g/mol. The van der Waals surface area contributed by atoms with Crippen LogP contribution in [-0.4, -0.2) is 33.0 Å². The number of carbonyl (C=O) groups is 1. The molecule has 0 atom stereocenters. The lowest BCUT2D eigenvalue weighted by Crippen LogP contribution is -2.31. The minimum Gasteiger partial charge on any atom is -0.295 e. The third-order valence-corrected chi connectivity index (χ3v) is 4.89. The molecule has 27 heavy (non-hydrogen) atoms. The second-order valence-electron chi connectivity index (χ2n) is 6.80. The summed E-state index contributed by atoms with van der Waals surface area (Å²) in [6, 6.07) is 12.0. The predicted molar refractivity (Wildman–Crippen MR) is 103 cm³/mol. The van der Waals surface area contributed by atoms with Crippen LogP contribution in [0.15, 0.2) is 47.2 Å². The van der Waals surface area contributed by atoms with Crippen LogP contribution in [0.25, 0.3) is 17.3 Å². The molecule has 0 N–H and O–H groups in total. The van der Waals surface area contributed by atoms with Gasteiger partial charge >= 0.3 is 0 Å². The molecule has 3 heterocycles. The zero-order valence-corrected chi connectivity index (χ0v) is 15.1. The maximum Gasteiger partial charge on any atom is 0.277 e. The van der Waals surface area contributed by atoms with Crippen molar-refractivity contribution in [1.82, 2.24) is 14.7 Å². The zero-order valence-electron chi connectivity index (χ0n) is 15.1. The molecule has 1 saturated heterocycles. The van der Waals surface area contributed by atoms with Crippen molar-refractivity contribution in [2.24, 2.45) is 4.99 Å². The van der Waals surface area contributed by atoms with E-state index in [1.54, 1.807) is 4.68 Å². The van der Waals surface area contributed by atoms with Gasteiger partial charge in [-0.15, -0.1) is 0 Å². The summed E-state index contributed by atoms with van der Waals surface area (Å²) in [7, 11) is 0. The van der Waals surface area contributed by atoms with Gasteiger partial charge in [-0.2, -0.15) is 10.4 Å². The van der Waals surface area contributed by atoms with Crippen molar-refractivity contribution < 1.29 is 4.79 Å². The third kappa shape index (κ3) is 3.54. The molecule has 1 amide bonds. The largest absolute Gasteiger partial charge is 0.295 e. The van der Waals surface area contributed by atoms with Gasteiger partial charge in [-0.3, -0.25) is 14.4 Å². The van der Waals surface area contributed by atoms with Gasteiger partial charge < -0.3 is 0 Å². The van der Waals surface area contributed by atoms with Gasteiger partial charge in [0, 0.05) is 30.3 Å². The van der Waals surface area contributed by atoms with E-state index in [0.29, 0.717) is 18.7 Å². The number of rotatable bonds is 4. The molecule has 6 nitrogen and oxygen atoms in total. The van der Waals surface area contributed by atoms with Gasteiger partial charge in [0.15, 0.2) is 0 Å². The van der Waals surface area contributed by atoms with Crippen molar-refractivity contribution in [3.63, 3.8) is 0 Å². The Labute approximate surface area is 158 Å². The van der Waals surface area contributed by atoms with E-state index in [1.165, 1.54) is 0 Å². The Morgan fingerprint density at radius 1 is 1.19 bits per heavy atom. The topological polar surface area (TPSA) is 74.3 Å². The Morgan fingerprint density at radius 2 is 2.04 bits per heavy atom. The molecule has 6 heteroatoms. The molecule has 1 fully saturated rings. The van der Waals surface area contributed by atoms with Crippen molar-refractivity contribution in [2.75, 3.05) is 6.54 Å². The first kappa shape index (κ1) is 17.2. The molecule has 4 rings (SSSR count). The van der Waals surface area contributed by atoms with Crippen molar-refractivity contribution >= 4 is 17.8 Å². The second-order valence-corrected chi connectivity index (χ2v) is 6.80. The van der Waals surface area contributed by atoms with Gasteiger partial charge in [-0.25, -0.2) is 4.99 Å². The van der Waals surface area contributed by atoms with Crippen LogP contribution in [0.1, 0.15) is 37.7 Å². The van der Waals surface area contributed by atoms with Gasteiger partial charge in [-0.1, -0.05) is 36.8 Å². The Bertz CT molecular complexity index is 949. The molecule has 2 aliphatic rings. The number of nitriles is 1. The second kappa shape index (κ2) is 7.58. The Kier molecular flexibility index (Phi) is 4.84. The van der Waals surface area contributed by atoms with E-state index >= 15 is 0 Å². The molecule has 0 unspecified atom stereocenters. The number of carbonyl (C=O) groups excluding carboxylic acids is 1. The maximum absolute atomic E-state index is 12.8. The number of hydrogen-bond donors (Lipinski definition) is 0. The summed E-state index contributed by atoms with van der Waals surface area (Å²) in [5.41, 5.74) is 3.11. The fourth-order valence-corrected chi connectivity index (χ4v) is 3.54. The fraction of sp³-hybridized carbons (Fsp3) is 0.333. The lowest BCUT2D eigenvalue weighted by molar-refractivity contribution is -0.122. The summed E-state index contributed by atoms with van der Waals surface area (Å²) in [6.07, 6.45) is 8.23. The molecule has 0 spiro atoms. The summed E-state index contributed by atoms with van der Waals surface area (Å²) in [4.78, 5) is 19.2. The van der Waals surface area contributed by atoms with Gasteiger partial charge in [0.05, 0.1) is 24.7 Å². The van der Waals surface area contributed by atoms with Gasteiger partial charge in [0.25, 0.3) is 5.91 Å². The Hall–Kier alpha value is -3.20. The fourth-order valence-electron chi connectivity index (χ4n) is 3.54. The first-order valence-corrected chi connectivity index (χ1v) is 9.37. The van der Waals surface area contributed by atoms with E-state index in [9.17, 15) is 4.79 Å². The van der Waals surface area contributed by atoms with Crippen LogP contribution in [-0.2, 0) is 11.3 Å². The monoisotopic (exact) mass is 359 g/mol. The standard InChI is InChI=1S/C21H21N5O/c22-11-7-12-25-15-17(20(24-25)16-8-3-1-4-9-16)14-18-21(27)26-13-6-2-5-10-19(26)23-18/h1,3-4,8-9,14-15H,2,5-7,10,12-13H2. The zero-order chi connectivity index (χ0) is 18.6. The number of benzene rings is 1. The number of aryl methyl sites for hydroxylation is 1. The molecule has 2 aromatic rings. The van der Waals surface area contributed by atoms with E-state index in [-0.39, 0.29) is 5.91 Å². The Balaban J connectivity index is 1.72. The maximum atomic E-state index is 12.8.